The number of nitro groups is 1. The van der Waals surface area contributed by atoms with Crippen LogP contribution in [-0.2, 0) is 4.79 Å². The molecule has 2 aliphatic rings. The van der Waals surface area contributed by atoms with E-state index in [9.17, 15) is 20.0 Å². The van der Waals surface area contributed by atoms with E-state index >= 15 is 0 Å². The molecule has 0 radical (unpaired) electrons. The molecular weight excluding hydrogens is 392 g/mol. The standard InChI is InChI=1S/C25H22N2O4/c1-25(2)12-18-22-16-6-4-3-5-14(16)7-9-19(22)26-24(23(18)21(29)13-25)17-11-15(27(30)31)8-10-20(17)28/h3-11,24,26,28H,12-13H2,1-2H3/t24-/m0/s1. The number of nitro benzene ring substituents is 1. The highest BCUT2D eigenvalue weighted by molar-refractivity contribution is 6.13. The van der Waals surface area contributed by atoms with Gasteiger partial charge in [-0.3, -0.25) is 14.9 Å². The molecule has 1 atom stereocenters. The second-order valence-electron chi connectivity index (χ2n) is 9.12. The number of allylic oxidation sites excluding steroid dienone is 1. The summed E-state index contributed by atoms with van der Waals surface area (Å²) in [7, 11) is 0. The lowest BCUT2D eigenvalue weighted by Crippen LogP contribution is -2.33. The number of phenolic OH excluding ortho intramolecular Hbond substituents is 1. The van der Waals surface area contributed by atoms with Crippen LogP contribution in [0, 0.1) is 15.5 Å². The molecule has 0 aromatic heterocycles. The number of ketones is 1. The van der Waals surface area contributed by atoms with E-state index in [1.165, 1.54) is 18.2 Å². The summed E-state index contributed by atoms with van der Waals surface area (Å²) in [6, 6.07) is 15.4. The molecule has 6 heteroatoms. The summed E-state index contributed by atoms with van der Waals surface area (Å²) >= 11 is 0. The van der Waals surface area contributed by atoms with Gasteiger partial charge in [-0.1, -0.05) is 44.2 Å². The fourth-order valence-electron chi connectivity index (χ4n) is 4.96. The molecule has 3 aromatic carbocycles. The quantitative estimate of drug-likeness (QED) is 0.411. The highest BCUT2D eigenvalue weighted by Gasteiger charge is 2.41. The highest BCUT2D eigenvalue weighted by Crippen LogP contribution is 2.53. The van der Waals surface area contributed by atoms with Gasteiger partial charge in [0.15, 0.2) is 5.78 Å². The molecule has 0 spiro atoms. The van der Waals surface area contributed by atoms with Crippen LogP contribution in [0.15, 0.2) is 60.2 Å². The van der Waals surface area contributed by atoms with Crippen LogP contribution < -0.4 is 5.32 Å². The van der Waals surface area contributed by atoms with Crippen LogP contribution in [0.5, 0.6) is 5.75 Å². The van der Waals surface area contributed by atoms with Gasteiger partial charge in [-0.2, -0.15) is 0 Å². The molecule has 0 bridgehead atoms. The Morgan fingerprint density at radius 2 is 1.87 bits per heavy atom. The summed E-state index contributed by atoms with van der Waals surface area (Å²) in [5.41, 5.74) is 3.45. The number of rotatable bonds is 2. The maximum atomic E-state index is 13.4. The number of non-ortho nitro benzene ring substituents is 1. The van der Waals surface area contributed by atoms with Gasteiger partial charge in [0.1, 0.15) is 5.75 Å². The number of Topliss-reactive ketones (excluding diaryl/α,β-unsaturated/α-hetero) is 1. The SMILES string of the molecule is CC1(C)CC(=O)C2=C(C1)c1c(ccc3ccccc13)N[C@H]2c1cc([N+](=O)[O-])ccc1O. The molecule has 156 valence electrons. The lowest BCUT2D eigenvalue weighted by molar-refractivity contribution is -0.384. The van der Waals surface area contributed by atoms with Gasteiger partial charge in [0, 0.05) is 40.9 Å². The van der Waals surface area contributed by atoms with Crippen LogP contribution in [0.3, 0.4) is 0 Å². The molecule has 2 N–H and O–H groups in total. The molecule has 6 nitrogen and oxygen atoms in total. The van der Waals surface area contributed by atoms with Gasteiger partial charge >= 0.3 is 0 Å². The molecule has 0 saturated heterocycles. The molecule has 1 heterocycles. The van der Waals surface area contributed by atoms with E-state index in [4.69, 9.17) is 0 Å². The third-order valence-electron chi connectivity index (χ3n) is 6.27. The van der Waals surface area contributed by atoms with Crippen LogP contribution in [-0.4, -0.2) is 15.8 Å². The van der Waals surface area contributed by atoms with E-state index in [1.807, 2.05) is 30.3 Å². The Kier molecular flexibility index (Phi) is 4.15. The van der Waals surface area contributed by atoms with Gasteiger partial charge in [0.05, 0.1) is 11.0 Å². The van der Waals surface area contributed by atoms with E-state index < -0.39 is 11.0 Å². The number of benzene rings is 3. The first-order chi connectivity index (χ1) is 14.7. The van der Waals surface area contributed by atoms with E-state index in [0.717, 1.165) is 27.6 Å². The normalized spacial score (nSPS) is 19.5. The lowest BCUT2D eigenvalue weighted by atomic mass is 9.67. The largest absolute Gasteiger partial charge is 0.508 e. The summed E-state index contributed by atoms with van der Waals surface area (Å²) in [6.45, 7) is 4.17. The van der Waals surface area contributed by atoms with Crippen LogP contribution >= 0.6 is 0 Å². The minimum Gasteiger partial charge on any atom is -0.508 e. The molecule has 5 rings (SSSR count). The molecule has 31 heavy (non-hydrogen) atoms. The van der Waals surface area contributed by atoms with Gasteiger partial charge in [-0.15, -0.1) is 0 Å². The molecule has 0 fully saturated rings. The van der Waals surface area contributed by atoms with E-state index in [-0.39, 0.29) is 22.6 Å². The number of nitrogens with zero attached hydrogens (tertiary/aromatic N) is 1. The molecule has 1 aliphatic heterocycles. The molecule has 3 aromatic rings. The Hall–Kier alpha value is -3.67. The molecular formula is C25H22N2O4. The lowest BCUT2D eigenvalue weighted by Gasteiger charge is -2.40. The number of aromatic hydroxyl groups is 1. The predicted molar refractivity (Wildman–Crippen MR) is 120 cm³/mol. The summed E-state index contributed by atoms with van der Waals surface area (Å²) in [5, 5.41) is 27.5. The third-order valence-corrected chi connectivity index (χ3v) is 6.27. The van der Waals surface area contributed by atoms with Gasteiger partial charge in [-0.25, -0.2) is 0 Å². The van der Waals surface area contributed by atoms with Crippen LogP contribution in [0.4, 0.5) is 11.4 Å². The Balaban J connectivity index is 1.80. The van der Waals surface area contributed by atoms with Crippen molar-refractivity contribution >= 4 is 33.5 Å². The smallest absolute Gasteiger partial charge is 0.270 e. The fraction of sp³-hybridized carbons (Fsp3) is 0.240. The maximum absolute atomic E-state index is 13.4. The van der Waals surface area contributed by atoms with Gasteiger partial charge in [0.2, 0.25) is 0 Å². The summed E-state index contributed by atoms with van der Waals surface area (Å²) in [4.78, 5) is 24.2. The predicted octanol–water partition coefficient (Wildman–Crippen LogP) is 5.76. The molecule has 0 unspecified atom stereocenters. The third kappa shape index (κ3) is 3.06. The van der Waals surface area contributed by atoms with Crippen molar-refractivity contribution in [1.82, 2.24) is 0 Å². The average molecular weight is 414 g/mol. The number of hydrogen-bond donors (Lipinski definition) is 2. The van der Waals surface area contributed by atoms with E-state index in [0.29, 0.717) is 24.0 Å². The second kappa shape index (κ2) is 6.67. The number of carbonyl (C=O) groups excluding carboxylic acids is 1. The van der Waals surface area contributed by atoms with Crippen LogP contribution in [0.2, 0.25) is 0 Å². The van der Waals surface area contributed by atoms with Gasteiger partial charge in [0.25, 0.3) is 5.69 Å². The van der Waals surface area contributed by atoms with Crippen molar-refractivity contribution in [3.63, 3.8) is 0 Å². The zero-order valence-corrected chi connectivity index (χ0v) is 17.3. The van der Waals surface area contributed by atoms with Gasteiger partial charge < -0.3 is 10.4 Å². The monoisotopic (exact) mass is 414 g/mol. The fourth-order valence-corrected chi connectivity index (χ4v) is 4.96. The first-order valence-corrected chi connectivity index (χ1v) is 10.3. The summed E-state index contributed by atoms with van der Waals surface area (Å²) in [6.07, 6.45) is 1.10. The van der Waals surface area contributed by atoms with Crippen molar-refractivity contribution in [2.75, 3.05) is 5.32 Å². The molecule has 0 saturated carbocycles. The van der Waals surface area contributed by atoms with Crippen LogP contribution in [0.25, 0.3) is 16.3 Å². The first-order valence-electron chi connectivity index (χ1n) is 10.3. The first kappa shape index (κ1) is 19.3. The van der Waals surface area contributed by atoms with Crippen LogP contribution in [0.1, 0.15) is 43.9 Å². The molecule has 0 amide bonds. The average Bonchev–Trinajstić information content (AvgIpc) is 2.72. The minimum absolute atomic E-state index is 0.00763. The number of anilines is 1. The van der Waals surface area contributed by atoms with E-state index in [1.54, 1.807) is 0 Å². The van der Waals surface area contributed by atoms with Crippen molar-refractivity contribution in [1.29, 1.82) is 0 Å². The zero-order chi connectivity index (χ0) is 21.9. The molecule has 1 aliphatic carbocycles. The van der Waals surface area contributed by atoms with E-state index in [2.05, 4.69) is 25.2 Å². The minimum atomic E-state index is -0.646. The van der Waals surface area contributed by atoms with Crippen molar-refractivity contribution in [2.45, 2.75) is 32.7 Å². The summed E-state index contributed by atoms with van der Waals surface area (Å²) in [5.74, 6) is -0.0648. The Bertz CT molecular complexity index is 1310. The van der Waals surface area contributed by atoms with Crippen molar-refractivity contribution < 1.29 is 14.8 Å². The number of hydrogen-bond acceptors (Lipinski definition) is 5. The number of nitrogens with one attached hydrogen (secondary N) is 1. The topological polar surface area (TPSA) is 92.5 Å². The second-order valence-corrected chi connectivity index (χ2v) is 9.12. The Morgan fingerprint density at radius 3 is 2.65 bits per heavy atom. The maximum Gasteiger partial charge on any atom is 0.270 e. The Labute approximate surface area is 179 Å². The highest BCUT2D eigenvalue weighted by atomic mass is 16.6. The Morgan fingerprint density at radius 1 is 1.10 bits per heavy atom. The number of fused-ring (bicyclic) bond motifs is 4. The number of phenols is 1. The van der Waals surface area contributed by atoms with Crippen molar-refractivity contribution in [3.05, 3.63) is 81.4 Å². The zero-order valence-electron chi connectivity index (χ0n) is 17.3. The number of carbonyl (C=O) groups is 1. The van der Waals surface area contributed by atoms with Gasteiger partial charge in [-0.05, 0) is 40.3 Å². The van der Waals surface area contributed by atoms with Crippen molar-refractivity contribution in [2.24, 2.45) is 5.41 Å². The summed E-state index contributed by atoms with van der Waals surface area (Å²) < 4.78 is 0. The van der Waals surface area contributed by atoms with Crippen molar-refractivity contribution in [3.8, 4) is 5.75 Å².